The number of fused-ring (bicyclic) bond motifs is 1. The highest BCUT2D eigenvalue weighted by Crippen LogP contribution is 2.39. The third-order valence-corrected chi connectivity index (χ3v) is 6.75. The third-order valence-electron chi connectivity index (χ3n) is 6.75. The number of carbonyl (C=O) groups is 1. The minimum Gasteiger partial charge on any atom is -0.363 e. The number of rotatable bonds is 5. The number of alkyl halides is 2. The number of nitrogens with one attached hydrogen (secondary N) is 2. The van der Waals surface area contributed by atoms with Gasteiger partial charge in [0.2, 0.25) is 5.91 Å². The lowest BCUT2D eigenvalue weighted by Crippen LogP contribution is -2.29. The summed E-state index contributed by atoms with van der Waals surface area (Å²) >= 11 is 0. The van der Waals surface area contributed by atoms with Crippen molar-refractivity contribution < 1.29 is 18.0 Å². The molecular formula is C24H25F3N6O. The van der Waals surface area contributed by atoms with Crippen molar-refractivity contribution in [3.8, 4) is 0 Å². The van der Waals surface area contributed by atoms with Crippen LogP contribution < -0.4 is 15.5 Å². The van der Waals surface area contributed by atoms with E-state index >= 15 is 0 Å². The zero-order valence-electron chi connectivity index (χ0n) is 18.9. The number of hydrogen-bond donors (Lipinski definition) is 2. The van der Waals surface area contributed by atoms with Crippen LogP contribution >= 0.6 is 0 Å². The van der Waals surface area contributed by atoms with Crippen LogP contribution in [0.5, 0.6) is 0 Å². The first-order chi connectivity index (χ1) is 16.2. The highest BCUT2D eigenvalue weighted by atomic mass is 19.3. The van der Waals surface area contributed by atoms with Crippen molar-refractivity contribution >= 4 is 28.4 Å². The quantitative estimate of drug-likeness (QED) is 0.579. The van der Waals surface area contributed by atoms with Gasteiger partial charge in [-0.1, -0.05) is 18.2 Å². The summed E-state index contributed by atoms with van der Waals surface area (Å²) in [5.41, 5.74) is 0.0697. The molecule has 10 heteroatoms. The van der Waals surface area contributed by atoms with Gasteiger partial charge < -0.3 is 15.5 Å². The summed E-state index contributed by atoms with van der Waals surface area (Å²) in [5, 5.41) is 6.82. The molecule has 3 aromatic rings. The lowest BCUT2D eigenvalue weighted by molar-refractivity contribution is -0.119. The summed E-state index contributed by atoms with van der Waals surface area (Å²) in [6.45, 7) is 5.63. The Kier molecular flexibility index (Phi) is 5.53. The molecule has 7 nitrogen and oxygen atoms in total. The van der Waals surface area contributed by atoms with E-state index in [9.17, 15) is 18.0 Å². The van der Waals surface area contributed by atoms with E-state index in [4.69, 9.17) is 0 Å². The monoisotopic (exact) mass is 470 g/mol. The standard InChI is InChI=1S/C24H25F3N6O/c1-13(15-4-3-5-16(21(15)25)22(26)27)30-23-17-8-19(28-10-18(17)31-14(2)32-23)33-7-6-24(12-33)9-20(34)29-11-24/h3-5,8,10,13,22H,6-7,9,11-12H2,1-2H3,(H,29,34)(H,30,31,32)/t13-,24-/m1/s1. The number of anilines is 2. The zero-order chi connectivity index (χ0) is 24.0. The predicted octanol–water partition coefficient (Wildman–Crippen LogP) is 4.30. The van der Waals surface area contributed by atoms with E-state index in [0.717, 1.165) is 31.4 Å². The number of halogens is 3. The van der Waals surface area contributed by atoms with Crippen molar-refractivity contribution in [2.45, 2.75) is 39.2 Å². The molecule has 1 spiro atoms. The molecule has 2 N–H and O–H groups in total. The van der Waals surface area contributed by atoms with Gasteiger partial charge in [-0.25, -0.2) is 28.1 Å². The lowest BCUT2D eigenvalue weighted by atomic mass is 9.86. The Hall–Kier alpha value is -3.43. The van der Waals surface area contributed by atoms with Crippen molar-refractivity contribution in [2.75, 3.05) is 29.9 Å². The molecule has 2 aliphatic heterocycles. The van der Waals surface area contributed by atoms with Gasteiger partial charge in [0.25, 0.3) is 6.43 Å². The van der Waals surface area contributed by atoms with Crippen molar-refractivity contribution in [3.63, 3.8) is 0 Å². The number of carbonyl (C=O) groups excluding carboxylic acids is 1. The Morgan fingerprint density at radius 3 is 2.76 bits per heavy atom. The molecular weight excluding hydrogens is 445 g/mol. The molecule has 0 aliphatic carbocycles. The van der Waals surface area contributed by atoms with Crippen LogP contribution in [0.2, 0.25) is 0 Å². The minimum atomic E-state index is -2.89. The smallest absolute Gasteiger partial charge is 0.266 e. The van der Waals surface area contributed by atoms with Gasteiger partial charge in [-0.15, -0.1) is 0 Å². The van der Waals surface area contributed by atoms with E-state index in [2.05, 4.69) is 30.5 Å². The van der Waals surface area contributed by atoms with E-state index in [1.54, 1.807) is 20.0 Å². The molecule has 2 aliphatic rings. The topological polar surface area (TPSA) is 83.0 Å². The van der Waals surface area contributed by atoms with Crippen LogP contribution in [0.15, 0.2) is 30.5 Å². The highest BCUT2D eigenvalue weighted by molar-refractivity contribution is 5.90. The maximum absolute atomic E-state index is 14.7. The van der Waals surface area contributed by atoms with Gasteiger partial charge in [0.05, 0.1) is 23.3 Å². The Balaban J connectivity index is 1.46. The average Bonchev–Trinajstić information content (AvgIpc) is 3.38. The van der Waals surface area contributed by atoms with Crippen LogP contribution in [-0.2, 0) is 4.79 Å². The second-order valence-electron chi connectivity index (χ2n) is 9.22. The highest BCUT2D eigenvalue weighted by Gasteiger charge is 2.44. The van der Waals surface area contributed by atoms with Gasteiger partial charge in [-0.05, 0) is 26.3 Å². The Morgan fingerprint density at radius 1 is 1.24 bits per heavy atom. The molecule has 2 fully saturated rings. The molecule has 0 saturated carbocycles. The van der Waals surface area contributed by atoms with Gasteiger partial charge in [0.1, 0.15) is 23.3 Å². The van der Waals surface area contributed by atoms with E-state index in [-0.39, 0.29) is 16.9 Å². The molecule has 4 heterocycles. The zero-order valence-corrected chi connectivity index (χ0v) is 18.9. The van der Waals surface area contributed by atoms with Gasteiger partial charge >= 0.3 is 0 Å². The second-order valence-corrected chi connectivity index (χ2v) is 9.22. The van der Waals surface area contributed by atoms with E-state index in [0.29, 0.717) is 35.5 Å². The molecule has 2 atom stereocenters. The van der Waals surface area contributed by atoms with E-state index < -0.39 is 23.8 Å². The number of amides is 1. The molecule has 178 valence electrons. The fourth-order valence-corrected chi connectivity index (χ4v) is 4.95. The largest absolute Gasteiger partial charge is 0.363 e. The Bertz CT molecular complexity index is 1270. The van der Waals surface area contributed by atoms with Gasteiger partial charge in [-0.2, -0.15) is 0 Å². The summed E-state index contributed by atoms with van der Waals surface area (Å²) in [5.74, 6) is 0.900. The fourth-order valence-electron chi connectivity index (χ4n) is 4.95. The first kappa shape index (κ1) is 22.4. The first-order valence-electron chi connectivity index (χ1n) is 11.2. The number of pyridine rings is 1. The van der Waals surface area contributed by atoms with Gasteiger partial charge in [-0.3, -0.25) is 4.79 Å². The summed E-state index contributed by atoms with van der Waals surface area (Å²) < 4.78 is 41.0. The number of benzene rings is 1. The molecule has 2 saturated heterocycles. The molecule has 5 rings (SSSR count). The van der Waals surface area contributed by atoms with Gasteiger partial charge in [0, 0.05) is 42.4 Å². The molecule has 2 aromatic heterocycles. The van der Waals surface area contributed by atoms with E-state index in [1.807, 2.05) is 6.07 Å². The van der Waals surface area contributed by atoms with Crippen molar-refractivity contribution in [2.24, 2.45) is 5.41 Å². The van der Waals surface area contributed by atoms with Crippen LogP contribution in [0.1, 0.15) is 49.2 Å². The van der Waals surface area contributed by atoms with Crippen LogP contribution in [0.4, 0.5) is 24.8 Å². The molecule has 1 amide bonds. The predicted molar refractivity (Wildman–Crippen MR) is 122 cm³/mol. The van der Waals surface area contributed by atoms with Crippen LogP contribution in [0.25, 0.3) is 10.9 Å². The summed E-state index contributed by atoms with van der Waals surface area (Å²) in [4.78, 5) is 27.5. The van der Waals surface area contributed by atoms with Gasteiger partial charge in [0.15, 0.2) is 0 Å². The number of aromatic nitrogens is 3. The lowest BCUT2D eigenvalue weighted by Gasteiger charge is -2.23. The van der Waals surface area contributed by atoms with Crippen LogP contribution in [0.3, 0.4) is 0 Å². The summed E-state index contributed by atoms with van der Waals surface area (Å²) in [6.07, 6.45) is 0.207. The molecule has 0 unspecified atom stereocenters. The minimum absolute atomic E-state index is 0.0691. The number of hydrogen-bond acceptors (Lipinski definition) is 6. The molecule has 1 aromatic carbocycles. The number of nitrogens with zero attached hydrogens (tertiary/aromatic N) is 4. The Morgan fingerprint density at radius 2 is 2.03 bits per heavy atom. The molecule has 0 bridgehead atoms. The molecule has 0 radical (unpaired) electrons. The van der Waals surface area contributed by atoms with E-state index in [1.165, 1.54) is 12.1 Å². The maximum atomic E-state index is 14.7. The normalized spacial score (nSPS) is 21.0. The molecule has 34 heavy (non-hydrogen) atoms. The Labute approximate surface area is 194 Å². The number of aryl methyl sites for hydroxylation is 1. The van der Waals surface area contributed by atoms with Crippen LogP contribution in [0, 0.1) is 18.2 Å². The first-order valence-corrected chi connectivity index (χ1v) is 11.2. The second kappa shape index (κ2) is 8.41. The van der Waals surface area contributed by atoms with Crippen molar-refractivity contribution in [1.29, 1.82) is 0 Å². The average molecular weight is 470 g/mol. The summed E-state index contributed by atoms with van der Waals surface area (Å²) in [6, 6.07) is 5.28. The van der Waals surface area contributed by atoms with Crippen LogP contribution in [-0.4, -0.2) is 40.5 Å². The third kappa shape index (κ3) is 4.01. The SMILES string of the molecule is Cc1nc(N[C@H](C)c2cccc(C(F)F)c2F)c2cc(N3CC[C@@]4(CNC(=O)C4)C3)ncc2n1. The van der Waals surface area contributed by atoms with Crippen molar-refractivity contribution in [3.05, 3.63) is 53.2 Å². The van der Waals surface area contributed by atoms with Crippen molar-refractivity contribution in [1.82, 2.24) is 20.3 Å². The maximum Gasteiger partial charge on any atom is 0.266 e. The summed E-state index contributed by atoms with van der Waals surface area (Å²) in [7, 11) is 0. The fraction of sp³-hybridized carbons (Fsp3) is 0.417.